The monoisotopic (exact) mass is 313 g/mol. The predicted octanol–water partition coefficient (Wildman–Crippen LogP) is 3.61. The molecule has 0 amide bonds. The first kappa shape index (κ1) is 14.7. The van der Waals surface area contributed by atoms with Gasteiger partial charge in [0.2, 0.25) is 0 Å². The summed E-state index contributed by atoms with van der Waals surface area (Å²) in [5, 5.41) is 5.57. The summed E-state index contributed by atoms with van der Waals surface area (Å²) < 4.78 is 5.16. The SMILES string of the molecule is CCSNc1ccc(-c2nn(C)c3c(C)cnc(N)c23)cc1. The van der Waals surface area contributed by atoms with E-state index in [9.17, 15) is 0 Å². The fourth-order valence-corrected chi connectivity index (χ4v) is 3.01. The largest absolute Gasteiger partial charge is 0.383 e. The molecule has 0 unspecified atom stereocenters. The summed E-state index contributed by atoms with van der Waals surface area (Å²) in [5.74, 6) is 1.54. The molecule has 2 heterocycles. The maximum atomic E-state index is 6.09. The molecule has 22 heavy (non-hydrogen) atoms. The van der Waals surface area contributed by atoms with Gasteiger partial charge < -0.3 is 10.5 Å². The Bertz CT molecular complexity index is 808. The van der Waals surface area contributed by atoms with Crippen LogP contribution >= 0.6 is 11.9 Å². The molecule has 2 aromatic heterocycles. The number of nitrogen functional groups attached to an aromatic ring is 1. The van der Waals surface area contributed by atoms with Crippen molar-refractivity contribution in [1.29, 1.82) is 0 Å². The maximum Gasteiger partial charge on any atom is 0.135 e. The van der Waals surface area contributed by atoms with Gasteiger partial charge in [0.05, 0.1) is 10.9 Å². The Kier molecular flexibility index (Phi) is 3.94. The van der Waals surface area contributed by atoms with Gasteiger partial charge in [-0.25, -0.2) is 4.98 Å². The molecular weight excluding hydrogens is 294 g/mol. The van der Waals surface area contributed by atoms with E-state index in [0.717, 1.165) is 39.2 Å². The molecule has 0 bridgehead atoms. The van der Waals surface area contributed by atoms with Crippen molar-refractivity contribution in [2.45, 2.75) is 13.8 Å². The zero-order valence-corrected chi connectivity index (χ0v) is 13.7. The molecule has 1 aromatic carbocycles. The Hall–Kier alpha value is -2.21. The molecule has 114 valence electrons. The second kappa shape index (κ2) is 5.88. The number of hydrogen-bond acceptors (Lipinski definition) is 5. The van der Waals surface area contributed by atoms with Crippen LogP contribution in [0.3, 0.4) is 0 Å². The number of nitrogens with zero attached hydrogens (tertiary/aromatic N) is 3. The first-order valence-corrected chi connectivity index (χ1v) is 8.16. The zero-order valence-electron chi connectivity index (χ0n) is 12.9. The van der Waals surface area contributed by atoms with Gasteiger partial charge in [0.1, 0.15) is 11.5 Å². The Labute approximate surface area is 134 Å². The normalized spacial score (nSPS) is 11.0. The molecule has 0 saturated carbocycles. The van der Waals surface area contributed by atoms with E-state index in [0.29, 0.717) is 5.82 Å². The minimum absolute atomic E-state index is 0.521. The zero-order chi connectivity index (χ0) is 15.7. The summed E-state index contributed by atoms with van der Waals surface area (Å²) in [4.78, 5) is 4.27. The third-order valence-corrected chi connectivity index (χ3v) is 4.24. The minimum atomic E-state index is 0.521. The number of anilines is 2. The summed E-state index contributed by atoms with van der Waals surface area (Å²) in [6, 6.07) is 8.22. The number of pyridine rings is 1. The molecule has 6 heteroatoms. The van der Waals surface area contributed by atoms with Gasteiger partial charge >= 0.3 is 0 Å². The highest BCUT2D eigenvalue weighted by Gasteiger charge is 2.16. The average molecular weight is 313 g/mol. The first-order chi connectivity index (χ1) is 10.6. The topological polar surface area (TPSA) is 68.8 Å². The Morgan fingerprint density at radius 1 is 1.27 bits per heavy atom. The lowest BCUT2D eigenvalue weighted by Crippen LogP contribution is -1.95. The van der Waals surface area contributed by atoms with Gasteiger partial charge in [0.15, 0.2) is 0 Å². The van der Waals surface area contributed by atoms with Crippen LogP contribution in [0.15, 0.2) is 30.5 Å². The quantitative estimate of drug-likeness (QED) is 0.720. The smallest absolute Gasteiger partial charge is 0.135 e. The van der Waals surface area contributed by atoms with Gasteiger partial charge in [0.25, 0.3) is 0 Å². The fourth-order valence-electron chi connectivity index (χ4n) is 2.56. The summed E-state index contributed by atoms with van der Waals surface area (Å²) in [7, 11) is 1.94. The van der Waals surface area contributed by atoms with Gasteiger partial charge in [-0.3, -0.25) is 4.68 Å². The number of nitrogens with one attached hydrogen (secondary N) is 1. The molecule has 0 atom stereocenters. The van der Waals surface area contributed by atoms with Crippen LogP contribution in [0, 0.1) is 6.92 Å². The van der Waals surface area contributed by atoms with E-state index in [1.807, 2.05) is 18.7 Å². The molecule has 3 aromatic rings. The molecule has 0 spiro atoms. The van der Waals surface area contributed by atoms with E-state index < -0.39 is 0 Å². The van der Waals surface area contributed by atoms with E-state index in [2.05, 4.69) is 46.0 Å². The second-order valence-corrected chi connectivity index (χ2v) is 6.20. The van der Waals surface area contributed by atoms with Crippen molar-refractivity contribution in [3.8, 4) is 11.3 Å². The van der Waals surface area contributed by atoms with Crippen LogP contribution in [0.4, 0.5) is 11.5 Å². The van der Waals surface area contributed by atoms with Crippen LogP contribution < -0.4 is 10.5 Å². The highest BCUT2D eigenvalue weighted by molar-refractivity contribution is 8.00. The molecule has 0 fully saturated rings. The van der Waals surface area contributed by atoms with Crippen LogP contribution in [0.2, 0.25) is 0 Å². The van der Waals surface area contributed by atoms with E-state index in [1.165, 1.54) is 0 Å². The van der Waals surface area contributed by atoms with Crippen LogP contribution in [0.1, 0.15) is 12.5 Å². The van der Waals surface area contributed by atoms with Crippen molar-refractivity contribution in [3.63, 3.8) is 0 Å². The average Bonchev–Trinajstić information content (AvgIpc) is 2.88. The van der Waals surface area contributed by atoms with Crippen LogP contribution in [0.25, 0.3) is 22.2 Å². The van der Waals surface area contributed by atoms with Crippen molar-refractivity contribution < 1.29 is 0 Å². The van der Waals surface area contributed by atoms with Gasteiger partial charge in [-0.15, -0.1) is 0 Å². The van der Waals surface area contributed by atoms with Crippen LogP contribution in [0.5, 0.6) is 0 Å². The fraction of sp³-hybridized carbons (Fsp3) is 0.250. The lowest BCUT2D eigenvalue weighted by atomic mass is 10.1. The molecular formula is C16H19N5S. The van der Waals surface area contributed by atoms with Gasteiger partial charge in [0, 0.05) is 30.2 Å². The lowest BCUT2D eigenvalue weighted by molar-refractivity contribution is 0.798. The molecule has 3 rings (SSSR count). The summed E-state index contributed by atoms with van der Waals surface area (Å²) >= 11 is 1.67. The van der Waals surface area contributed by atoms with Crippen molar-refractivity contribution in [2.24, 2.45) is 7.05 Å². The summed E-state index contributed by atoms with van der Waals surface area (Å²) in [6.07, 6.45) is 1.79. The Morgan fingerprint density at radius 2 is 2.00 bits per heavy atom. The first-order valence-electron chi connectivity index (χ1n) is 7.17. The van der Waals surface area contributed by atoms with Crippen molar-refractivity contribution in [2.75, 3.05) is 16.2 Å². The molecule has 0 saturated heterocycles. The molecule has 0 aliphatic heterocycles. The number of benzene rings is 1. The third kappa shape index (κ3) is 2.50. The van der Waals surface area contributed by atoms with Crippen molar-refractivity contribution in [1.82, 2.24) is 14.8 Å². The van der Waals surface area contributed by atoms with Gasteiger partial charge in [-0.1, -0.05) is 31.0 Å². The van der Waals surface area contributed by atoms with Crippen LogP contribution in [-0.2, 0) is 7.05 Å². The predicted molar refractivity (Wildman–Crippen MR) is 94.8 cm³/mol. The molecule has 0 aliphatic rings. The number of nitrogens with two attached hydrogens (primary N) is 1. The number of aromatic nitrogens is 3. The van der Waals surface area contributed by atoms with Crippen LogP contribution in [-0.4, -0.2) is 20.5 Å². The molecule has 0 radical (unpaired) electrons. The van der Waals surface area contributed by atoms with Crippen molar-refractivity contribution >= 4 is 34.4 Å². The van der Waals surface area contributed by atoms with Gasteiger partial charge in [-0.05, 0) is 24.6 Å². The number of hydrogen-bond donors (Lipinski definition) is 2. The van der Waals surface area contributed by atoms with Crippen molar-refractivity contribution in [3.05, 3.63) is 36.0 Å². The maximum absolute atomic E-state index is 6.09. The summed E-state index contributed by atoms with van der Waals surface area (Å²) in [5.41, 5.74) is 11.2. The number of rotatable bonds is 4. The van der Waals surface area contributed by atoms with Gasteiger partial charge in [-0.2, -0.15) is 5.10 Å². The summed E-state index contributed by atoms with van der Waals surface area (Å²) in [6.45, 7) is 4.14. The van der Waals surface area contributed by atoms with E-state index in [4.69, 9.17) is 5.73 Å². The number of aryl methyl sites for hydroxylation is 2. The highest BCUT2D eigenvalue weighted by Crippen LogP contribution is 2.33. The minimum Gasteiger partial charge on any atom is -0.383 e. The second-order valence-electron chi connectivity index (χ2n) is 5.13. The Balaban J connectivity index is 2.09. The van der Waals surface area contributed by atoms with E-state index in [1.54, 1.807) is 18.1 Å². The molecule has 5 nitrogen and oxygen atoms in total. The standard InChI is InChI=1S/C16H19N5S/c1-4-22-20-12-7-5-11(6-8-12)14-13-15(21(3)19-14)10(2)9-18-16(13)17/h5-9,20H,4H2,1-3H3,(H2,17,18). The van der Waals surface area contributed by atoms with E-state index in [-0.39, 0.29) is 0 Å². The highest BCUT2D eigenvalue weighted by atomic mass is 32.2. The number of fused-ring (bicyclic) bond motifs is 1. The Morgan fingerprint density at radius 3 is 2.68 bits per heavy atom. The third-order valence-electron chi connectivity index (χ3n) is 3.57. The lowest BCUT2D eigenvalue weighted by Gasteiger charge is -2.05. The molecule has 0 aliphatic carbocycles. The van der Waals surface area contributed by atoms with E-state index >= 15 is 0 Å². The molecule has 3 N–H and O–H groups in total.